The lowest BCUT2D eigenvalue weighted by atomic mass is 9.85. The van der Waals surface area contributed by atoms with Crippen molar-refractivity contribution in [3.05, 3.63) is 0 Å². The zero-order valence-corrected chi connectivity index (χ0v) is 13.6. The van der Waals surface area contributed by atoms with Gasteiger partial charge in [-0.3, -0.25) is 0 Å². The molecule has 0 aliphatic carbocycles. The zero-order valence-electron chi connectivity index (χ0n) is 12.0. The smallest absolute Gasteiger partial charge is 0.150 e. The van der Waals surface area contributed by atoms with E-state index in [1.54, 1.807) is 0 Å². The Hall–Kier alpha value is 0.220. The Kier molecular flexibility index (Phi) is 4.65. The van der Waals surface area contributed by atoms with E-state index in [4.69, 9.17) is 4.74 Å². The van der Waals surface area contributed by atoms with Gasteiger partial charge in [-0.1, -0.05) is 0 Å². The largest absolute Gasteiger partial charge is 0.375 e. The lowest BCUT2D eigenvalue weighted by Crippen LogP contribution is -2.49. The second-order valence-electron chi connectivity index (χ2n) is 6.51. The van der Waals surface area contributed by atoms with Gasteiger partial charge in [0, 0.05) is 12.6 Å². The van der Waals surface area contributed by atoms with E-state index in [0.717, 1.165) is 32.4 Å². The van der Waals surface area contributed by atoms with E-state index in [1.165, 1.54) is 24.3 Å². The van der Waals surface area contributed by atoms with Crippen molar-refractivity contribution in [2.45, 2.75) is 43.7 Å². The normalized spacial score (nSPS) is 36.2. The average Bonchev–Trinajstić information content (AvgIpc) is 2.77. The van der Waals surface area contributed by atoms with E-state index in [-0.39, 0.29) is 5.60 Å². The molecule has 0 radical (unpaired) electrons. The predicted molar refractivity (Wildman–Crippen MR) is 83.0 cm³/mol. The van der Waals surface area contributed by atoms with E-state index in [0.29, 0.717) is 23.5 Å². The molecule has 3 aliphatic rings. The van der Waals surface area contributed by atoms with Crippen LogP contribution in [0, 0.1) is 5.92 Å². The molecule has 3 heterocycles. The molecule has 20 heavy (non-hydrogen) atoms. The summed E-state index contributed by atoms with van der Waals surface area (Å²) in [4.78, 5) is 0. The van der Waals surface area contributed by atoms with Crippen LogP contribution < -0.4 is 5.32 Å². The Labute approximate surface area is 126 Å². The highest BCUT2D eigenvalue weighted by atomic mass is 32.2. The van der Waals surface area contributed by atoms with E-state index in [1.807, 2.05) is 11.8 Å². The van der Waals surface area contributed by atoms with Crippen LogP contribution in [0.4, 0.5) is 0 Å². The molecule has 116 valence electrons. The van der Waals surface area contributed by atoms with Crippen LogP contribution >= 0.6 is 11.8 Å². The molecule has 0 amide bonds. The summed E-state index contributed by atoms with van der Waals surface area (Å²) in [6.07, 6.45) is 5.35. The summed E-state index contributed by atoms with van der Waals surface area (Å²) < 4.78 is 29.1. The SMILES string of the molecule is O=S1(=O)CCC(CNC2CCOC3(CCSCC3)C2)C1. The first-order chi connectivity index (χ1) is 9.57. The third kappa shape index (κ3) is 3.70. The fourth-order valence-electron chi connectivity index (χ4n) is 3.66. The molecule has 2 unspecified atom stereocenters. The Morgan fingerprint density at radius 1 is 1.25 bits per heavy atom. The number of hydrogen-bond acceptors (Lipinski definition) is 5. The first kappa shape index (κ1) is 15.1. The van der Waals surface area contributed by atoms with Gasteiger partial charge in [-0.25, -0.2) is 8.42 Å². The van der Waals surface area contributed by atoms with E-state index >= 15 is 0 Å². The summed E-state index contributed by atoms with van der Waals surface area (Å²) >= 11 is 2.03. The Morgan fingerprint density at radius 3 is 2.75 bits per heavy atom. The fraction of sp³-hybridized carbons (Fsp3) is 1.00. The lowest BCUT2D eigenvalue weighted by molar-refractivity contribution is -0.0933. The maximum atomic E-state index is 11.5. The highest BCUT2D eigenvalue weighted by Crippen LogP contribution is 2.37. The maximum absolute atomic E-state index is 11.5. The van der Waals surface area contributed by atoms with Gasteiger partial charge in [0.15, 0.2) is 9.84 Å². The molecule has 0 aromatic carbocycles. The molecule has 1 spiro atoms. The number of rotatable bonds is 3. The van der Waals surface area contributed by atoms with E-state index < -0.39 is 9.84 Å². The quantitative estimate of drug-likeness (QED) is 0.853. The highest BCUT2D eigenvalue weighted by molar-refractivity contribution is 7.99. The molecule has 3 fully saturated rings. The van der Waals surface area contributed by atoms with Gasteiger partial charge in [-0.2, -0.15) is 11.8 Å². The Balaban J connectivity index is 1.48. The minimum atomic E-state index is -2.74. The van der Waals surface area contributed by atoms with Crippen molar-refractivity contribution >= 4 is 21.6 Å². The van der Waals surface area contributed by atoms with Crippen LogP contribution in [0.3, 0.4) is 0 Å². The molecule has 3 aliphatic heterocycles. The van der Waals surface area contributed by atoms with Crippen LogP contribution in [0.2, 0.25) is 0 Å². The molecular weight excluding hydrogens is 294 g/mol. The van der Waals surface area contributed by atoms with Gasteiger partial charge in [-0.05, 0) is 56.1 Å². The van der Waals surface area contributed by atoms with E-state index in [9.17, 15) is 8.42 Å². The van der Waals surface area contributed by atoms with Gasteiger partial charge in [0.05, 0.1) is 17.1 Å². The summed E-state index contributed by atoms with van der Waals surface area (Å²) in [7, 11) is -2.74. The predicted octanol–water partition coefficient (Wildman–Crippen LogP) is 1.46. The molecule has 1 N–H and O–H groups in total. The second kappa shape index (κ2) is 6.15. The number of nitrogens with one attached hydrogen (secondary N) is 1. The van der Waals surface area contributed by atoms with Crippen molar-refractivity contribution < 1.29 is 13.2 Å². The van der Waals surface area contributed by atoms with Crippen molar-refractivity contribution in [3.8, 4) is 0 Å². The molecule has 3 rings (SSSR count). The molecule has 6 heteroatoms. The molecule has 0 aromatic rings. The summed E-state index contributed by atoms with van der Waals surface area (Å²) in [6.45, 7) is 1.71. The van der Waals surface area contributed by atoms with Crippen molar-refractivity contribution in [1.82, 2.24) is 5.32 Å². The first-order valence-corrected chi connectivity index (χ1v) is 10.7. The molecule has 0 saturated carbocycles. The van der Waals surface area contributed by atoms with Crippen LogP contribution in [0.1, 0.15) is 32.1 Å². The Bertz CT molecular complexity index is 426. The van der Waals surface area contributed by atoms with Gasteiger partial charge >= 0.3 is 0 Å². The van der Waals surface area contributed by atoms with E-state index in [2.05, 4.69) is 5.32 Å². The van der Waals surface area contributed by atoms with Gasteiger partial charge < -0.3 is 10.1 Å². The zero-order chi connectivity index (χ0) is 14.1. The van der Waals surface area contributed by atoms with Crippen molar-refractivity contribution in [2.24, 2.45) is 5.92 Å². The molecule has 4 nitrogen and oxygen atoms in total. The minimum absolute atomic E-state index is 0.114. The fourth-order valence-corrected chi connectivity index (χ4v) is 6.76. The summed E-state index contributed by atoms with van der Waals surface area (Å²) in [6, 6.07) is 0.509. The molecule has 2 atom stereocenters. The lowest BCUT2D eigenvalue weighted by Gasteiger charge is -2.43. The molecule has 3 saturated heterocycles. The van der Waals surface area contributed by atoms with Gasteiger partial charge in [0.2, 0.25) is 0 Å². The van der Waals surface area contributed by atoms with Crippen LogP contribution in [0.5, 0.6) is 0 Å². The summed E-state index contributed by atoms with van der Waals surface area (Å²) in [5, 5.41) is 3.62. The molecule has 0 aromatic heterocycles. The van der Waals surface area contributed by atoms with Crippen LogP contribution in [-0.2, 0) is 14.6 Å². The summed E-state index contributed by atoms with van der Waals surface area (Å²) in [5.41, 5.74) is 0.114. The minimum Gasteiger partial charge on any atom is -0.375 e. The van der Waals surface area contributed by atoms with Gasteiger partial charge in [0.1, 0.15) is 0 Å². The third-order valence-corrected chi connectivity index (χ3v) is 7.74. The molecule has 0 bridgehead atoms. The topological polar surface area (TPSA) is 55.4 Å². The van der Waals surface area contributed by atoms with Gasteiger partial charge in [0.25, 0.3) is 0 Å². The average molecular weight is 319 g/mol. The highest BCUT2D eigenvalue weighted by Gasteiger charge is 2.39. The number of hydrogen-bond donors (Lipinski definition) is 1. The first-order valence-electron chi connectivity index (χ1n) is 7.72. The standard InChI is InChI=1S/C14H25NO3S2/c16-20(17)8-2-12(11-20)10-15-13-1-5-18-14(9-13)3-6-19-7-4-14/h12-13,15H,1-11H2. The monoisotopic (exact) mass is 319 g/mol. The number of sulfone groups is 1. The molecular formula is C14H25NO3S2. The van der Waals surface area contributed by atoms with Crippen molar-refractivity contribution in [3.63, 3.8) is 0 Å². The summed E-state index contributed by atoms with van der Waals surface area (Å²) in [5.74, 6) is 3.52. The van der Waals surface area contributed by atoms with Gasteiger partial charge in [-0.15, -0.1) is 0 Å². The maximum Gasteiger partial charge on any atom is 0.150 e. The van der Waals surface area contributed by atoms with Crippen LogP contribution in [0.25, 0.3) is 0 Å². The third-order valence-electron chi connectivity index (χ3n) is 4.92. The van der Waals surface area contributed by atoms with Crippen molar-refractivity contribution in [2.75, 3.05) is 36.2 Å². The number of thioether (sulfide) groups is 1. The second-order valence-corrected chi connectivity index (χ2v) is 9.96. The number of ether oxygens (including phenoxy) is 1. The van der Waals surface area contributed by atoms with Crippen LogP contribution in [0.15, 0.2) is 0 Å². The Morgan fingerprint density at radius 2 is 2.05 bits per heavy atom. The van der Waals surface area contributed by atoms with Crippen molar-refractivity contribution in [1.29, 1.82) is 0 Å². The van der Waals surface area contributed by atoms with Crippen LogP contribution in [-0.4, -0.2) is 56.2 Å².